The number of hydrogen-bond donors (Lipinski definition) is 0. The van der Waals surface area contributed by atoms with Gasteiger partial charge in [0, 0.05) is 6.54 Å². The molecule has 0 atom stereocenters. The molecule has 0 aromatic rings. The van der Waals surface area contributed by atoms with Crippen LogP contribution in [0.1, 0.15) is 13.3 Å². The van der Waals surface area contributed by atoms with Crippen LogP contribution in [-0.2, 0) is 0 Å². The summed E-state index contributed by atoms with van der Waals surface area (Å²) in [6, 6.07) is 0. The van der Waals surface area contributed by atoms with Crippen molar-refractivity contribution in [3.05, 3.63) is 11.6 Å². The van der Waals surface area contributed by atoms with Crippen LogP contribution < -0.4 is 0 Å². The van der Waals surface area contributed by atoms with Crippen LogP contribution in [0.5, 0.6) is 0 Å². The molecule has 1 aliphatic rings. The monoisotopic (exact) mass is 141 g/mol. The summed E-state index contributed by atoms with van der Waals surface area (Å²) in [4.78, 5) is 4.34. The number of nitrogens with zero attached hydrogens (tertiary/aromatic N) is 1. The molecular formula is C7H11NS. The molecule has 0 aromatic heterocycles. The summed E-state index contributed by atoms with van der Waals surface area (Å²) in [7, 11) is 0. The van der Waals surface area contributed by atoms with Crippen LogP contribution in [0.4, 0.5) is 0 Å². The molecule has 0 saturated heterocycles. The van der Waals surface area contributed by atoms with E-state index in [9.17, 15) is 0 Å². The van der Waals surface area contributed by atoms with E-state index in [1.807, 2.05) is 0 Å². The topological polar surface area (TPSA) is 12.4 Å². The largest absolute Gasteiger partial charge is 0.278 e. The Labute approximate surface area is 60.3 Å². The molecule has 1 aliphatic heterocycles. The SMILES string of the molecule is CSC1=NCCC=C1C. The zero-order valence-electron chi connectivity index (χ0n) is 5.85. The van der Waals surface area contributed by atoms with Crippen LogP contribution in [0.3, 0.4) is 0 Å². The predicted octanol–water partition coefficient (Wildman–Crippen LogP) is 2.10. The highest BCUT2D eigenvalue weighted by atomic mass is 32.2. The number of dihydropyridines is 1. The fraction of sp³-hybridized carbons (Fsp3) is 0.571. The van der Waals surface area contributed by atoms with Gasteiger partial charge >= 0.3 is 0 Å². The lowest BCUT2D eigenvalue weighted by Gasteiger charge is -2.07. The van der Waals surface area contributed by atoms with E-state index in [1.165, 1.54) is 10.6 Å². The second-order valence-corrected chi connectivity index (χ2v) is 2.86. The third-order valence-corrected chi connectivity index (χ3v) is 2.20. The highest BCUT2D eigenvalue weighted by molar-refractivity contribution is 8.13. The molecule has 0 aromatic carbocycles. The van der Waals surface area contributed by atoms with Crippen LogP contribution in [0.15, 0.2) is 16.6 Å². The van der Waals surface area contributed by atoms with Crippen molar-refractivity contribution >= 4 is 16.8 Å². The van der Waals surface area contributed by atoms with Gasteiger partial charge in [0.25, 0.3) is 0 Å². The van der Waals surface area contributed by atoms with Crippen molar-refractivity contribution in [3.8, 4) is 0 Å². The summed E-state index contributed by atoms with van der Waals surface area (Å²) in [5, 5.41) is 1.21. The highest BCUT2D eigenvalue weighted by Crippen LogP contribution is 2.13. The van der Waals surface area contributed by atoms with Gasteiger partial charge in [0.1, 0.15) is 0 Å². The van der Waals surface area contributed by atoms with E-state index >= 15 is 0 Å². The minimum Gasteiger partial charge on any atom is -0.278 e. The molecule has 1 heterocycles. The molecule has 50 valence electrons. The van der Waals surface area contributed by atoms with Crippen molar-refractivity contribution in [1.82, 2.24) is 0 Å². The van der Waals surface area contributed by atoms with Gasteiger partial charge in [-0.3, -0.25) is 4.99 Å². The minimum atomic E-state index is 0.980. The molecule has 2 heteroatoms. The van der Waals surface area contributed by atoms with Crippen molar-refractivity contribution in [1.29, 1.82) is 0 Å². The zero-order chi connectivity index (χ0) is 6.69. The third-order valence-electron chi connectivity index (χ3n) is 1.37. The van der Waals surface area contributed by atoms with Crippen LogP contribution in [0, 0.1) is 0 Å². The van der Waals surface area contributed by atoms with Gasteiger partial charge in [-0.25, -0.2) is 0 Å². The summed E-state index contributed by atoms with van der Waals surface area (Å²) in [5.41, 5.74) is 1.34. The Kier molecular flexibility index (Phi) is 2.34. The average molecular weight is 141 g/mol. The Morgan fingerprint density at radius 1 is 1.67 bits per heavy atom. The molecule has 0 fully saturated rings. The number of rotatable bonds is 0. The Morgan fingerprint density at radius 3 is 2.89 bits per heavy atom. The molecule has 0 saturated carbocycles. The molecule has 9 heavy (non-hydrogen) atoms. The van der Waals surface area contributed by atoms with E-state index in [0.717, 1.165) is 13.0 Å². The molecule has 0 unspecified atom stereocenters. The van der Waals surface area contributed by atoms with Crippen LogP contribution in [0.25, 0.3) is 0 Å². The zero-order valence-corrected chi connectivity index (χ0v) is 6.66. The molecule has 0 amide bonds. The van der Waals surface area contributed by atoms with Gasteiger partial charge in [-0.15, -0.1) is 11.8 Å². The fourth-order valence-corrected chi connectivity index (χ4v) is 1.51. The quantitative estimate of drug-likeness (QED) is 0.503. The molecule has 0 radical (unpaired) electrons. The van der Waals surface area contributed by atoms with Gasteiger partial charge in [0.05, 0.1) is 5.04 Å². The second kappa shape index (κ2) is 3.06. The number of thioether (sulfide) groups is 1. The second-order valence-electron chi connectivity index (χ2n) is 2.07. The maximum absolute atomic E-state index is 4.34. The Bertz CT molecular complexity index is 158. The van der Waals surface area contributed by atoms with Gasteiger partial charge in [0.15, 0.2) is 0 Å². The van der Waals surface area contributed by atoms with Gasteiger partial charge in [-0.2, -0.15) is 0 Å². The molecule has 1 nitrogen and oxygen atoms in total. The Morgan fingerprint density at radius 2 is 2.44 bits per heavy atom. The van der Waals surface area contributed by atoms with Crippen molar-refractivity contribution in [2.45, 2.75) is 13.3 Å². The Balaban J connectivity index is 2.68. The molecule has 0 N–H and O–H groups in total. The summed E-state index contributed by atoms with van der Waals surface area (Å²) in [5.74, 6) is 0. The van der Waals surface area contributed by atoms with E-state index in [4.69, 9.17) is 0 Å². The van der Waals surface area contributed by atoms with Crippen LogP contribution in [0.2, 0.25) is 0 Å². The van der Waals surface area contributed by atoms with E-state index in [2.05, 4.69) is 24.2 Å². The van der Waals surface area contributed by atoms with Crippen LogP contribution >= 0.6 is 11.8 Å². The first-order chi connectivity index (χ1) is 4.34. The maximum Gasteiger partial charge on any atom is 0.0927 e. The molecular weight excluding hydrogens is 130 g/mol. The van der Waals surface area contributed by atoms with Gasteiger partial charge < -0.3 is 0 Å². The summed E-state index contributed by atoms with van der Waals surface area (Å²) in [6.45, 7) is 3.10. The van der Waals surface area contributed by atoms with Crippen molar-refractivity contribution < 1.29 is 0 Å². The first kappa shape index (κ1) is 6.87. The van der Waals surface area contributed by atoms with Gasteiger partial charge in [0.2, 0.25) is 0 Å². The van der Waals surface area contributed by atoms with Crippen molar-refractivity contribution in [2.75, 3.05) is 12.8 Å². The van der Waals surface area contributed by atoms with E-state index in [1.54, 1.807) is 11.8 Å². The summed E-state index contributed by atoms with van der Waals surface area (Å²) >= 11 is 1.74. The third kappa shape index (κ3) is 1.58. The van der Waals surface area contributed by atoms with E-state index < -0.39 is 0 Å². The molecule has 0 aliphatic carbocycles. The maximum atomic E-state index is 4.34. The average Bonchev–Trinajstić information content (AvgIpc) is 1.89. The highest BCUT2D eigenvalue weighted by Gasteiger charge is 2.02. The smallest absolute Gasteiger partial charge is 0.0927 e. The first-order valence-corrected chi connectivity index (χ1v) is 4.32. The van der Waals surface area contributed by atoms with Gasteiger partial charge in [-0.05, 0) is 25.2 Å². The van der Waals surface area contributed by atoms with Crippen molar-refractivity contribution in [3.63, 3.8) is 0 Å². The summed E-state index contributed by atoms with van der Waals surface area (Å²) < 4.78 is 0. The molecule has 1 rings (SSSR count). The predicted molar refractivity (Wildman–Crippen MR) is 44.2 cm³/mol. The Hall–Kier alpha value is -0.240. The van der Waals surface area contributed by atoms with Gasteiger partial charge in [-0.1, -0.05) is 6.08 Å². The fourth-order valence-electron chi connectivity index (χ4n) is 0.885. The lowest BCUT2D eigenvalue weighted by atomic mass is 10.2. The van der Waals surface area contributed by atoms with E-state index in [0.29, 0.717) is 0 Å². The van der Waals surface area contributed by atoms with Crippen LogP contribution in [-0.4, -0.2) is 17.8 Å². The van der Waals surface area contributed by atoms with Crippen molar-refractivity contribution in [2.24, 2.45) is 4.99 Å². The minimum absolute atomic E-state index is 0.980. The number of hydrogen-bond acceptors (Lipinski definition) is 2. The lowest BCUT2D eigenvalue weighted by Crippen LogP contribution is -2.00. The lowest BCUT2D eigenvalue weighted by molar-refractivity contribution is 0.986. The van der Waals surface area contributed by atoms with E-state index in [-0.39, 0.29) is 0 Å². The first-order valence-electron chi connectivity index (χ1n) is 3.10. The molecule has 0 bridgehead atoms. The molecule has 0 spiro atoms. The number of aliphatic imine (C=N–C) groups is 1. The normalized spacial score (nSPS) is 18.9. The standard InChI is InChI=1S/C7H11NS/c1-6-4-3-5-8-7(6)9-2/h4H,3,5H2,1-2H3. The summed E-state index contributed by atoms with van der Waals surface area (Å²) in [6.07, 6.45) is 5.44.